The maximum atomic E-state index is 11.7. The van der Waals surface area contributed by atoms with Crippen LogP contribution in [0.1, 0.15) is 20.3 Å². The molecule has 2 atom stereocenters. The van der Waals surface area contributed by atoms with Crippen LogP contribution in [0.25, 0.3) is 0 Å². The van der Waals surface area contributed by atoms with E-state index in [1.165, 1.54) is 0 Å². The molecule has 1 aliphatic rings. The second kappa shape index (κ2) is 5.14. The van der Waals surface area contributed by atoms with Gasteiger partial charge in [-0.15, -0.1) is 0 Å². The fourth-order valence-corrected chi connectivity index (χ4v) is 3.47. The first kappa shape index (κ1) is 13.4. The Morgan fingerprint density at radius 2 is 2.12 bits per heavy atom. The molecule has 1 aliphatic heterocycles. The molecule has 1 unspecified atom stereocenters. The SMILES string of the molecule is CC(C)[C@@H](CO)NC(=O)C1CCS(=O)(=O)C1. The van der Waals surface area contributed by atoms with Crippen molar-refractivity contribution in [3.63, 3.8) is 0 Å². The Bertz CT molecular complexity index is 350. The minimum Gasteiger partial charge on any atom is -0.394 e. The van der Waals surface area contributed by atoms with E-state index in [-0.39, 0.29) is 36.0 Å². The van der Waals surface area contributed by atoms with E-state index < -0.39 is 15.8 Å². The minimum atomic E-state index is -3.03. The molecule has 2 N–H and O–H groups in total. The molecular weight excluding hydrogens is 230 g/mol. The molecule has 1 heterocycles. The van der Waals surface area contributed by atoms with Crippen LogP contribution < -0.4 is 5.32 Å². The lowest BCUT2D eigenvalue weighted by Crippen LogP contribution is -2.44. The lowest BCUT2D eigenvalue weighted by molar-refractivity contribution is -0.125. The monoisotopic (exact) mass is 249 g/mol. The highest BCUT2D eigenvalue weighted by Gasteiger charge is 2.33. The summed E-state index contributed by atoms with van der Waals surface area (Å²) in [4.78, 5) is 11.7. The molecule has 0 aromatic rings. The van der Waals surface area contributed by atoms with Crippen LogP contribution in [-0.4, -0.2) is 43.6 Å². The number of carbonyl (C=O) groups excluding carboxylic acids is 1. The van der Waals surface area contributed by atoms with E-state index in [0.717, 1.165) is 0 Å². The van der Waals surface area contributed by atoms with Crippen LogP contribution >= 0.6 is 0 Å². The number of hydrogen-bond acceptors (Lipinski definition) is 4. The lowest BCUT2D eigenvalue weighted by atomic mass is 10.0. The van der Waals surface area contributed by atoms with Gasteiger partial charge in [-0.1, -0.05) is 13.8 Å². The Labute approximate surface area is 96.1 Å². The third kappa shape index (κ3) is 3.45. The molecule has 0 bridgehead atoms. The average Bonchev–Trinajstić information content (AvgIpc) is 2.54. The first-order valence-corrected chi connectivity index (χ1v) is 7.29. The smallest absolute Gasteiger partial charge is 0.224 e. The maximum Gasteiger partial charge on any atom is 0.224 e. The quantitative estimate of drug-likeness (QED) is 0.707. The summed E-state index contributed by atoms with van der Waals surface area (Å²) in [7, 11) is -3.03. The van der Waals surface area contributed by atoms with E-state index in [0.29, 0.717) is 6.42 Å². The van der Waals surface area contributed by atoms with Crippen molar-refractivity contribution < 1.29 is 18.3 Å². The van der Waals surface area contributed by atoms with Crippen LogP contribution in [0.4, 0.5) is 0 Å². The van der Waals surface area contributed by atoms with Gasteiger partial charge >= 0.3 is 0 Å². The van der Waals surface area contributed by atoms with Gasteiger partial charge in [0.25, 0.3) is 0 Å². The summed E-state index contributed by atoms with van der Waals surface area (Å²) in [6.45, 7) is 3.67. The number of hydrogen-bond donors (Lipinski definition) is 2. The fourth-order valence-electron chi connectivity index (χ4n) is 1.73. The molecule has 16 heavy (non-hydrogen) atoms. The second-order valence-electron chi connectivity index (χ2n) is 4.64. The Kier molecular flexibility index (Phi) is 4.32. The van der Waals surface area contributed by atoms with Gasteiger partial charge in [0, 0.05) is 0 Å². The van der Waals surface area contributed by atoms with E-state index in [1.54, 1.807) is 0 Å². The number of sulfone groups is 1. The average molecular weight is 249 g/mol. The van der Waals surface area contributed by atoms with Crippen LogP contribution in [0.15, 0.2) is 0 Å². The second-order valence-corrected chi connectivity index (χ2v) is 6.87. The van der Waals surface area contributed by atoms with E-state index in [1.807, 2.05) is 13.8 Å². The molecule has 1 fully saturated rings. The molecule has 0 saturated carbocycles. The zero-order chi connectivity index (χ0) is 12.3. The minimum absolute atomic E-state index is 0.0604. The molecule has 1 saturated heterocycles. The summed E-state index contributed by atoms with van der Waals surface area (Å²) >= 11 is 0. The van der Waals surface area contributed by atoms with Crippen LogP contribution in [0, 0.1) is 11.8 Å². The van der Waals surface area contributed by atoms with Crippen molar-refractivity contribution in [3.05, 3.63) is 0 Å². The van der Waals surface area contributed by atoms with E-state index in [4.69, 9.17) is 5.11 Å². The van der Waals surface area contributed by atoms with Crippen molar-refractivity contribution >= 4 is 15.7 Å². The largest absolute Gasteiger partial charge is 0.394 e. The van der Waals surface area contributed by atoms with Crippen molar-refractivity contribution in [1.82, 2.24) is 5.32 Å². The van der Waals surface area contributed by atoms with Crippen molar-refractivity contribution in [2.45, 2.75) is 26.3 Å². The van der Waals surface area contributed by atoms with Crippen molar-refractivity contribution in [1.29, 1.82) is 0 Å². The lowest BCUT2D eigenvalue weighted by Gasteiger charge is -2.21. The Hall–Kier alpha value is -0.620. The van der Waals surface area contributed by atoms with E-state index in [9.17, 15) is 13.2 Å². The molecule has 0 aliphatic carbocycles. The zero-order valence-corrected chi connectivity index (χ0v) is 10.5. The van der Waals surface area contributed by atoms with E-state index in [2.05, 4.69) is 5.32 Å². The highest BCUT2D eigenvalue weighted by molar-refractivity contribution is 7.91. The molecule has 6 heteroatoms. The number of aliphatic hydroxyl groups is 1. The predicted octanol–water partition coefficient (Wildman–Crippen LogP) is -0.446. The number of nitrogens with one attached hydrogen (secondary N) is 1. The third-order valence-corrected chi connectivity index (χ3v) is 4.70. The maximum absolute atomic E-state index is 11.7. The number of aliphatic hydroxyl groups excluding tert-OH is 1. The molecule has 1 amide bonds. The molecule has 0 aromatic heterocycles. The molecule has 1 rings (SSSR count). The molecule has 94 valence electrons. The summed E-state index contributed by atoms with van der Waals surface area (Å²) in [6.07, 6.45) is 0.393. The summed E-state index contributed by atoms with van der Waals surface area (Å²) in [5, 5.41) is 11.8. The highest BCUT2D eigenvalue weighted by atomic mass is 32.2. The first-order valence-electron chi connectivity index (χ1n) is 5.47. The summed E-state index contributed by atoms with van der Waals surface area (Å²) < 4.78 is 22.4. The van der Waals surface area contributed by atoms with Crippen molar-refractivity contribution in [3.8, 4) is 0 Å². The van der Waals surface area contributed by atoms with E-state index >= 15 is 0 Å². The van der Waals surface area contributed by atoms with Gasteiger partial charge in [0.15, 0.2) is 9.84 Å². The fraction of sp³-hybridized carbons (Fsp3) is 0.900. The summed E-state index contributed by atoms with van der Waals surface area (Å²) in [6, 6.07) is -0.296. The van der Waals surface area contributed by atoms with Gasteiger partial charge < -0.3 is 10.4 Å². The standard InChI is InChI=1S/C10H19NO4S/c1-7(2)9(5-12)11-10(13)8-3-4-16(14,15)6-8/h7-9,12H,3-6H2,1-2H3,(H,11,13)/t8?,9-/m1/s1. The van der Waals surface area contributed by atoms with Gasteiger partial charge in [0.1, 0.15) is 0 Å². The van der Waals surface area contributed by atoms with Gasteiger partial charge in [-0.05, 0) is 12.3 Å². The van der Waals surface area contributed by atoms with Crippen molar-refractivity contribution in [2.24, 2.45) is 11.8 Å². The Morgan fingerprint density at radius 3 is 2.50 bits per heavy atom. The van der Waals surface area contributed by atoms with Crippen LogP contribution in [-0.2, 0) is 14.6 Å². The third-order valence-electron chi connectivity index (χ3n) is 2.93. The molecular formula is C10H19NO4S. The van der Waals surface area contributed by atoms with Gasteiger partial charge in [-0.25, -0.2) is 8.42 Å². The van der Waals surface area contributed by atoms with Gasteiger partial charge in [0.2, 0.25) is 5.91 Å². The topological polar surface area (TPSA) is 83.5 Å². The first-order chi connectivity index (χ1) is 7.35. The van der Waals surface area contributed by atoms with Crippen LogP contribution in [0.3, 0.4) is 0 Å². The highest BCUT2D eigenvalue weighted by Crippen LogP contribution is 2.18. The summed E-state index contributed by atoms with van der Waals surface area (Å²) in [5.41, 5.74) is 0. The van der Waals surface area contributed by atoms with Crippen LogP contribution in [0.2, 0.25) is 0 Å². The molecule has 0 aromatic carbocycles. The van der Waals surface area contributed by atoms with Crippen LogP contribution in [0.5, 0.6) is 0 Å². The molecule has 0 spiro atoms. The number of amides is 1. The molecule has 0 radical (unpaired) electrons. The number of rotatable bonds is 4. The molecule has 5 nitrogen and oxygen atoms in total. The van der Waals surface area contributed by atoms with Gasteiger partial charge in [-0.3, -0.25) is 4.79 Å². The number of carbonyl (C=O) groups is 1. The Morgan fingerprint density at radius 1 is 1.50 bits per heavy atom. The Balaban J connectivity index is 2.53. The van der Waals surface area contributed by atoms with Crippen molar-refractivity contribution in [2.75, 3.05) is 18.1 Å². The predicted molar refractivity (Wildman–Crippen MR) is 60.6 cm³/mol. The van der Waals surface area contributed by atoms with Gasteiger partial charge in [0.05, 0.1) is 30.1 Å². The normalized spacial score (nSPS) is 25.6. The summed E-state index contributed by atoms with van der Waals surface area (Å²) in [5.74, 6) is -0.537. The zero-order valence-electron chi connectivity index (χ0n) is 9.64. The van der Waals surface area contributed by atoms with Gasteiger partial charge in [-0.2, -0.15) is 0 Å².